The highest BCUT2D eigenvalue weighted by Crippen LogP contribution is 2.11. The Morgan fingerprint density at radius 1 is 1.15 bits per heavy atom. The lowest BCUT2D eigenvalue weighted by Gasteiger charge is -2.20. The zero-order valence-electron chi connectivity index (χ0n) is 15.0. The van der Waals surface area contributed by atoms with Gasteiger partial charge < -0.3 is 10.4 Å². The maximum atomic E-state index is 12.2. The topological polar surface area (TPSA) is 130 Å². The average Bonchev–Trinajstić information content (AvgIpc) is 2.58. The summed E-state index contributed by atoms with van der Waals surface area (Å²) in [7, 11) is -3.82. The quantitative estimate of drug-likeness (QED) is 0.519. The molecule has 0 bridgehead atoms. The summed E-state index contributed by atoms with van der Waals surface area (Å²) < 4.78 is 26.6. The maximum Gasteiger partial charge on any atom is 0.326 e. The largest absolute Gasteiger partial charge is 0.480 e. The van der Waals surface area contributed by atoms with Crippen LogP contribution >= 0.6 is 0 Å². The van der Waals surface area contributed by atoms with Crippen molar-refractivity contribution in [3.05, 3.63) is 29.8 Å². The number of aliphatic carboxylic acids is 1. The fourth-order valence-corrected chi connectivity index (χ4v) is 3.21. The number of carboxylic acids is 1. The van der Waals surface area contributed by atoms with Gasteiger partial charge in [-0.25, -0.2) is 17.9 Å². The minimum atomic E-state index is -3.82. The van der Waals surface area contributed by atoms with Crippen LogP contribution in [0.15, 0.2) is 29.2 Å². The zero-order valence-corrected chi connectivity index (χ0v) is 15.8. The van der Waals surface area contributed by atoms with E-state index in [-0.39, 0.29) is 29.6 Å². The number of carbonyl (C=O) groups excluding carboxylic acids is 2. The number of ketones is 1. The summed E-state index contributed by atoms with van der Waals surface area (Å²) in [6.07, 6.45) is 0.394. The number of hydrogen-bond acceptors (Lipinski definition) is 5. The highest BCUT2D eigenvalue weighted by molar-refractivity contribution is 7.89. The molecule has 1 amide bonds. The number of hydrogen-bond donors (Lipinski definition) is 3. The van der Waals surface area contributed by atoms with Gasteiger partial charge in [-0.3, -0.25) is 9.59 Å². The van der Waals surface area contributed by atoms with E-state index < -0.39 is 27.9 Å². The normalized spacial score (nSPS) is 13.7. The van der Waals surface area contributed by atoms with E-state index in [2.05, 4.69) is 10.0 Å². The van der Waals surface area contributed by atoms with Gasteiger partial charge in [-0.05, 0) is 25.0 Å². The first-order valence-electron chi connectivity index (χ1n) is 8.21. The molecule has 9 heteroatoms. The molecule has 8 nitrogen and oxygen atoms in total. The highest BCUT2D eigenvalue weighted by atomic mass is 32.2. The van der Waals surface area contributed by atoms with E-state index in [0.29, 0.717) is 12.0 Å². The Morgan fingerprint density at radius 3 is 2.19 bits per heavy atom. The van der Waals surface area contributed by atoms with E-state index in [1.807, 2.05) is 6.92 Å². The molecule has 0 saturated heterocycles. The van der Waals surface area contributed by atoms with Gasteiger partial charge in [-0.15, -0.1) is 0 Å². The lowest BCUT2D eigenvalue weighted by Crippen LogP contribution is -2.45. The molecule has 1 rings (SSSR count). The third-order valence-corrected chi connectivity index (χ3v) is 5.49. The first-order chi connectivity index (χ1) is 12.1. The van der Waals surface area contributed by atoms with Gasteiger partial charge in [-0.1, -0.05) is 32.4 Å². The molecule has 0 fully saturated rings. The first kappa shape index (κ1) is 21.8. The molecule has 144 valence electrons. The molecule has 3 N–H and O–H groups in total. The molecule has 0 heterocycles. The molecule has 26 heavy (non-hydrogen) atoms. The molecular weight excluding hydrogens is 360 g/mol. The van der Waals surface area contributed by atoms with Crippen LogP contribution in [-0.4, -0.2) is 43.8 Å². The smallest absolute Gasteiger partial charge is 0.326 e. The number of benzene rings is 1. The standard InChI is InChI=1S/C17H24N2O6S/c1-4-11(2)16(17(22)23)19-15(21)9-10-18-26(24,25)14-7-5-13(6-8-14)12(3)20/h5-8,11,16,18H,4,9-10H2,1-3H3,(H,19,21)(H,22,23)/t11-,16-/m0/s1. The molecule has 0 aliphatic rings. The summed E-state index contributed by atoms with van der Waals surface area (Å²) in [5.74, 6) is -2.09. The fraction of sp³-hybridized carbons (Fsp3) is 0.471. The Bertz CT molecular complexity index is 758. The molecule has 1 aromatic carbocycles. The molecule has 2 atom stereocenters. The van der Waals surface area contributed by atoms with Crippen LogP contribution < -0.4 is 10.0 Å². The second-order valence-electron chi connectivity index (χ2n) is 6.00. The number of Topliss-reactive ketones (excluding diaryl/α,β-unsaturated/α-hetero) is 1. The van der Waals surface area contributed by atoms with E-state index in [9.17, 15) is 22.8 Å². The van der Waals surface area contributed by atoms with Gasteiger partial charge in [0, 0.05) is 18.5 Å². The molecule has 0 aliphatic heterocycles. The molecule has 0 radical (unpaired) electrons. The van der Waals surface area contributed by atoms with Crippen molar-refractivity contribution in [2.24, 2.45) is 5.92 Å². The second kappa shape index (κ2) is 9.44. The predicted octanol–water partition coefficient (Wildman–Crippen LogP) is 1.17. The van der Waals surface area contributed by atoms with Crippen LogP contribution in [0.5, 0.6) is 0 Å². The van der Waals surface area contributed by atoms with Crippen LogP contribution in [-0.2, 0) is 19.6 Å². The second-order valence-corrected chi connectivity index (χ2v) is 7.76. The Hall–Kier alpha value is -2.26. The lowest BCUT2D eigenvalue weighted by atomic mass is 9.99. The minimum absolute atomic E-state index is 0.0223. The number of nitrogens with one attached hydrogen (secondary N) is 2. The van der Waals surface area contributed by atoms with Crippen molar-refractivity contribution in [2.75, 3.05) is 6.54 Å². The molecule has 0 spiro atoms. The minimum Gasteiger partial charge on any atom is -0.480 e. The molecule has 0 aliphatic carbocycles. The monoisotopic (exact) mass is 384 g/mol. The van der Waals surface area contributed by atoms with Crippen molar-refractivity contribution in [3.63, 3.8) is 0 Å². The zero-order chi connectivity index (χ0) is 19.9. The van der Waals surface area contributed by atoms with Gasteiger partial charge in [0.05, 0.1) is 4.90 Å². The van der Waals surface area contributed by atoms with Gasteiger partial charge in [0.25, 0.3) is 0 Å². The van der Waals surface area contributed by atoms with Gasteiger partial charge in [0.15, 0.2) is 5.78 Å². The SMILES string of the molecule is CC[C@H](C)[C@H](NC(=O)CCNS(=O)(=O)c1ccc(C(C)=O)cc1)C(=O)O. The van der Waals surface area contributed by atoms with Crippen molar-refractivity contribution in [1.82, 2.24) is 10.0 Å². The van der Waals surface area contributed by atoms with Crippen molar-refractivity contribution in [3.8, 4) is 0 Å². The lowest BCUT2D eigenvalue weighted by molar-refractivity contribution is -0.143. The Kier molecular flexibility index (Phi) is 7.91. The molecule has 1 aromatic rings. The summed E-state index contributed by atoms with van der Waals surface area (Å²) in [6.45, 7) is 4.74. The number of rotatable bonds is 10. The van der Waals surface area contributed by atoms with Gasteiger partial charge in [0.1, 0.15) is 6.04 Å². The molecule has 0 saturated carbocycles. The van der Waals surface area contributed by atoms with E-state index in [1.165, 1.54) is 31.2 Å². The van der Waals surface area contributed by atoms with Crippen molar-refractivity contribution >= 4 is 27.7 Å². The van der Waals surface area contributed by atoms with Crippen molar-refractivity contribution < 1.29 is 27.9 Å². The van der Waals surface area contributed by atoms with Crippen LogP contribution in [0.25, 0.3) is 0 Å². The highest BCUT2D eigenvalue weighted by Gasteiger charge is 2.25. The molecule has 0 unspecified atom stereocenters. The maximum absolute atomic E-state index is 12.2. The summed E-state index contributed by atoms with van der Waals surface area (Å²) in [5, 5.41) is 11.5. The fourth-order valence-electron chi connectivity index (χ4n) is 2.18. The van der Waals surface area contributed by atoms with Crippen molar-refractivity contribution in [2.45, 2.75) is 44.6 Å². The van der Waals surface area contributed by atoms with E-state index >= 15 is 0 Å². The van der Waals surface area contributed by atoms with E-state index in [4.69, 9.17) is 5.11 Å². The van der Waals surface area contributed by atoms with E-state index in [1.54, 1.807) is 6.92 Å². The summed E-state index contributed by atoms with van der Waals surface area (Å²) in [5.41, 5.74) is 0.396. The van der Waals surface area contributed by atoms with Crippen LogP contribution in [0.2, 0.25) is 0 Å². The third-order valence-electron chi connectivity index (χ3n) is 4.01. The summed E-state index contributed by atoms with van der Waals surface area (Å²) >= 11 is 0. The van der Waals surface area contributed by atoms with Crippen LogP contribution in [0.1, 0.15) is 44.0 Å². The summed E-state index contributed by atoms with van der Waals surface area (Å²) in [6, 6.07) is 4.43. The predicted molar refractivity (Wildman–Crippen MR) is 95.3 cm³/mol. The number of sulfonamides is 1. The number of carboxylic acid groups (broad SMARTS) is 1. The van der Waals surface area contributed by atoms with Gasteiger partial charge in [0.2, 0.25) is 15.9 Å². The first-order valence-corrected chi connectivity index (χ1v) is 9.69. The molecular formula is C17H24N2O6S. The van der Waals surface area contributed by atoms with E-state index in [0.717, 1.165) is 0 Å². The van der Waals surface area contributed by atoms with Gasteiger partial charge >= 0.3 is 5.97 Å². The number of amides is 1. The summed E-state index contributed by atoms with van der Waals surface area (Å²) in [4.78, 5) is 34.2. The van der Waals surface area contributed by atoms with Crippen molar-refractivity contribution in [1.29, 1.82) is 0 Å². The van der Waals surface area contributed by atoms with Crippen LogP contribution in [0.3, 0.4) is 0 Å². The van der Waals surface area contributed by atoms with Crippen LogP contribution in [0, 0.1) is 5.92 Å². The Morgan fingerprint density at radius 2 is 1.73 bits per heavy atom. The Labute approximate surface area is 153 Å². The third kappa shape index (κ3) is 6.23. The number of carbonyl (C=O) groups is 3. The van der Waals surface area contributed by atoms with Gasteiger partial charge in [-0.2, -0.15) is 0 Å². The molecule has 0 aromatic heterocycles. The van der Waals surface area contributed by atoms with Crippen LogP contribution in [0.4, 0.5) is 0 Å². The average molecular weight is 384 g/mol. The Balaban J connectivity index is 2.61.